The van der Waals surface area contributed by atoms with Crippen LogP contribution < -0.4 is 0 Å². The van der Waals surface area contributed by atoms with Crippen LogP contribution in [-0.4, -0.2) is 43.4 Å². The molecule has 0 bridgehead atoms. The SMILES string of the molecule is CCCC.CCCN(CCC)C(=O)CC.CCOC(C)OCC. The number of nitrogens with zero attached hydrogens (tertiary/aromatic N) is 1. The van der Waals surface area contributed by atoms with E-state index in [0.717, 1.165) is 39.1 Å². The monoisotopic (exact) mass is 333 g/mol. The van der Waals surface area contributed by atoms with E-state index in [1.54, 1.807) is 0 Å². The molecule has 4 heteroatoms. The van der Waals surface area contributed by atoms with Crippen molar-refractivity contribution in [3.8, 4) is 0 Å². The van der Waals surface area contributed by atoms with Gasteiger partial charge in [0, 0.05) is 32.7 Å². The van der Waals surface area contributed by atoms with Gasteiger partial charge in [0.05, 0.1) is 0 Å². The Hall–Kier alpha value is -0.610. The molecule has 0 rings (SSSR count). The van der Waals surface area contributed by atoms with Crippen molar-refractivity contribution >= 4 is 5.91 Å². The first-order valence-corrected chi connectivity index (χ1v) is 9.49. The van der Waals surface area contributed by atoms with Crippen LogP contribution in [-0.2, 0) is 14.3 Å². The quantitative estimate of drug-likeness (QED) is 0.512. The Balaban J connectivity index is -0.000000292. The van der Waals surface area contributed by atoms with E-state index in [1.807, 2.05) is 32.6 Å². The predicted octanol–water partition coefficient (Wildman–Crippen LogP) is 5.26. The summed E-state index contributed by atoms with van der Waals surface area (Å²) in [6, 6.07) is 0. The molecule has 0 aliphatic heterocycles. The van der Waals surface area contributed by atoms with E-state index in [-0.39, 0.29) is 12.2 Å². The van der Waals surface area contributed by atoms with Crippen LogP contribution in [0, 0.1) is 0 Å². The van der Waals surface area contributed by atoms with E-state index in [0.29, 0.717) is 6.42 Å². The molecule has 4 nitrogen and oxygen atoms in total. The maximum absolute atomic E-state index is 11.2. The molecule has 0 saturated carbocycles. The van der Waals surface area contributed by atoms with Crippen LogP contribution in [0.4, 0.5) is 0 Å². The summed E-state index contributed by atoms with van der Waals surface area (Å²) in [6.45, 7) is 19.6. The molecular formula is C19H43NO3. The van der Waals surface area contributed by atoms with Crippen molar-refractivity contribution in [2.24, 2.45) is 0 Å². The second-order valence-electron chi connectivity index (χ2n) is 5.21. The van der Waals surface area contributed by atoms with Gasteiger partial charge in [-0.3, -0.25) is 4.79 Å². The normalized spacial score (nSPS) is 9.61. The van der Waals surface area contributed by atoms with Gasteiger partial charge in [-0.15, -0.1) is 0 Å². The topological polar surface area (TPSA) is 38.8 Å². The lowest BCUT2D eigenvalue weighted by atomic mass is 10.3. The Morgan fingerprint density at radius 3 is 1.39 bits per heavy atom. The van der Waals surface area contributed by atoms with Crippen LogP contribution in [0.5, 0.6) is 0 Å². The molecule has 0 spiro atoms. The molecule has 0 aliphatic carbocycles. The van der Waals surface area contributed by atoms with Crippen LogP contribution in [0.25, 0.3) is 0 Å². The smallest absolute Gasteiger partial charge is 0.222 e. The van der Waals surface area contributed by atoms with Crippen molar-refractivity contribution in [1.29, 1.82) is 0 Å². The molecule has 0 aliphatic rings. The first-order chi connectivity index (χ1) is 11.0. The molecule has 0 fully saturated rings. The third kappa shape index (κ3) is 23.8. The maximum atomic E-state index is 11.2. The van der Waals surface area contributed by atoms with Gasteiger partial charge < -0.3 is 14.4 Å². The summed E-state index contributed by atoms with van der Waals surface area (Å²) in [5, 5.41) is 0. The first kappa shape index (κ1) is 27.2. The van der Waals surface area contributed by atoms with Gasteiger partial charge in [-0.2, -0.15) is 0 Å². The van der Waals surface area contributed by atoms with E-state index in [2.05, 4.69) is 27.7 Å². The average Bonchev–Trinajstić information content (AvgIpc) is 2.55. The second-order valence-corrected chi connectivity index (χ2v) is 5.21. The number of unbranched alkanes of at least 4 members (excludes halogenated alkanes) is 1. The molecule has 1 amide bonds. The third-order valence-corrected chi connectivity index (χ3v) is 2.94. The number of hydrogen-bond donors (Lipinski definition) is 0. The Kier molecular flexibility index (Phi) is 28.0. The average molecular weight is 334 g/mol. The van der Waals surface area contributed by atoms with Gasteiger partial charge >= 0.3 is 0 Å². The van der Waals surface area contributed by atoms with E-state index < -0.39 is 0 Å². The Morgan fingerprint density at radius 2 is 1.17 bits per heavy atom. The highest BCUT2D eigenvalue weighted by Crippen LogP contribution is 1.97. The van der Waals surface area contributed by atoms with E-state index in [9.17, 15) is 4.79 Å². The van der Waals surface area contributed by atoms with Gasteiger partial charge in [-0.25, -0.2) is 0 Å². The van der Waals surface area contributed by atoms with Gasteiger partial charge in [-0.1, -0.05) is 47.5 Å². The number of ether oxygens (including phenoxy) is 2. The summed E-state index contributed by atoms with van der Waals surface area (Å²) in [7, 11) is 0. The van der Waals surface area contributed by atoms with Crippen LogP contribution in [0.2, 0.25) is 0 Å². The fraction of sp³-hybridized carbons (Fsp3) is 0.947. The number of hydrogen-bond acceptors (Lipinski definition) is 3. The van der Waals surface area contributed by atoms with Crippen molar-refractivity contribution in [1.82, 2.24) is 4.90 Å². The summed E-state index contributed by atoms with van der Waals surface area (Å²) in [4.78, 5) is 13.2. The van der Waals surface area contributed by atoms with Gasteiger partial charge in [-0.05, 0) is 33.6 Å². The number of rotatable bonds is 10. The van der Waals surface area contributed by atoms with E-state index in [1.165, 1.54) is 12.8 Å². The summed E-state index contributed by atoms with van der Waals surface area (Å²) in [5.41, 5.74) is 0. The van der Waals surface area contributed by atoms with Crippen molar-refractivity contribution in [3.05, 3.63) is 0 Å². The number of carbonyl (C=O) groups is 1. The molecule has 0 aromatic carbocycles. The molecule has 0 saturated heterocycles. The molecule has 0 heterocycles. The number of carbonyl (C=O) groups excluding carboxylic acids is 1. The maximum Gasteiger partial charge on any atom is 0.222 e. The zero-order valence-electron chi connectivity index (χ0n) is 17.1. The second kappa shape index (κ2) is 23.7. The minimum absolute atomic E-state index is 0.0370. The fourth-order valence-electron chi connectivity index (χ4n) is 1.64. The van der Waals surface area contributed by atoms with Crippen LogP contribution >= 0.6 is 0 Å². The summed E-state index contributed by atoms with van der Waals surface area (Å²) >= 11 is 0. The van der Waals surface area contributed by atoms with Crippen LogP contribution in [0.15, 0.2) is 0 Å². The molecule has 0 N–H and O–H groups in total. The van der Waals surface area contributed by atoms with Gasteiger partial charge in [0.25, 0.3) is 0 Å². The van der Waals surface area contributed by atoms with Gasteiger partial charge in [0.1, 0.15) is 0 Å². The zero-order chi connectivity index (χ0) is 18.5. The molecular weight excluding hydrogens is 290 g/mol. The van der Waals surface area contributed by atoms with Gasteiger partial charge in [0.15, 0.2) is 6.29 Å². The molecule has 0 radical (unpaired) electrons. The summed E-state index contributed by atoms with van der Waals surface area (Å²) in [6.07, 6.45) is 5.36. The molecule has 0 aromatic rings. The highest BCUT2D eigenvalue weighted by molar-refractivity contribution is 5.75. The van der Waals surface area contributed by atoms with Crippen molar-refractivity contribution < 1.29 is 14.3 Å². The largest absolute Gasteiger partial charge is 0.353 e. The van der Waals surface area contributed by atoms with Crippen molar-refractivity contribution in [3.63, 3.8) is 0 Å². The molecule has 142 valence electrons. The van der Waals surface area contributed by atoms with Crippen LogP contribution in [0.1, 0.15) is 87.5 Å². The highest BCUT2D eigenvalue weighted by atomic mass is 16.7. The van der Waals surface area contributed by atoms with Gasteiger partial charge in [0.2, 0.25) is 5.91 Å². The van der Waals surface area contributed by atoms with Crippen LogP contribution in [0.3, 0.4) is 0 Å². The third-order valence-electron chi connectivity index (χ3n) is 2.94. The van der Waals surface area contributed by atoms with Crippen molar-refractivity contribution in [2.45, 2.75) is 93.8 Å². The lowest BCUT2D eigenvalue weighted by Gasteiger charge is -2.20. The molecule has 0 atom stereocenters. The lowest BCUT2D eigenvalue weighted by Crippen LogP contribution is -2.31. The molecule has 0 unspecified atom stereocenters. The van der Waals surface area contributed by atoms with Crippen molar-refractivity contribution in [2.75, 3.05) is 26.3 Å². The molecule has 0 aromatic heterocycles. The molecule has 23 heavy (non-hydrogen) atoms. The lowest BCUT2D eigenvalue weighted by molar-refractivity contribution is -0.130. The fourth-order valence-corrected chi connectivity index (χ4v) is 1.64. The predicted molar refractivity (Wildman–Crippen MR) is 101 cm³/mol. The first-order valence-electron chi connectivity index (χ1n) is 9.49. The van der Waals surface area contributed by atoms with E-state index >= 15 is 0 Å². The standard InChI is InChI=1S/C9H19NO.C6H14O2.C4H10/c1-4-7-10(8-5-2)9(11)6-3;1-4-7-6(3)8-5-2;1-3-4-2/h4-8H2,1-3H3;6H,4-5H2,1-3H3;3-4H2,1-2H3. The Morgan fingerprint density at radius 1 is 0.783 bits per heavy atom. The highest BCUT2D eigenvalue weighted by Gasteiger charge is 2.07. The zero-order valence-corrected chi connectivity index (χ0v) is 17.1. The Bertz CT molecular complexity index is 209. The number of amides is 1. The minimum Gasteiger partial charge on any atom is -0.353 e. The minimum atomic E-state index is -0.0370. The van der Waals surface area contributed by atoms with E-state index in [4.69, 9.17) is 9.47 Å². The Labute approximate surface area is 145 Å². The summed E-state index contributed by atoms with van der Waals surface area (Å²) < 4.78 is 10.1. The summed E-state index contributed by atoms with van der Waals surface area (Å²) in [5.74, 6) is 0.286.